The lowest BCUT2D eigenvalue weighted by Gasteiger charge is -2.32. The monoisotopic (exact) mass is 349 g/mol. The zero-order valence-electron chi connectivity index (χ0n) is 14.8. The molecule has 1 aromatic rings. The molecule has 0 unspecified atom stereocenters. The fourth-order valence-corrected chi connectivity index (χ4v) is 2.78. The van der Waals surface area contributed by atoms with Crippen molar-refractivity contribution >= 4 is 30.1 Å². The van der Waals surface area contributed by atoms with Crippen LogP contribution in [-0.4, -0.2) is 39.3 Å². The molecule has 0 amide bonds. The first-order valence-electron chi connectivity index (χ1n) is 7.90. The van der Waals surface area contributed by atoms with Gasteiger partial charge in [0.2, 0.25) is 0 Å². The Hall–Kier alpha value is -1.15. The van der Waals surface area contributed by atoms with Crippen molar-refractivity contribution in [1.29, 1.82) is 0 Å². The highest BCUT2D eigenvalue weighted by molar-refractivity contribution is 8.13. The van der Waals surface area contributed by atoms with E-state index in [1.165, 1.54) is 11.8 Å². The zero-order valence-corrected chi connectivity index (χ0v) is 15.6. The van der Waals surface area contributed by atoms with Gasteiger partial charge in [0.05, 0.1) is 23.5 Å². The summed E-state index contributed by atoms with van der Waals surface area (Å²) in [5.41, 5.74) is 1.50. The highest BCUT2D eigenvalue weighted by Crippen LogP contribution is 2.39. The lowest BCUT2D eigenvalue weighted by atomic mass is 9.78. The molecule has 24 heavy (non-hydrogen) atoms. The molecule has 1 fully saturated rings. The van der Waals surface area contributed by atoms with Gasteiger partial charge in [-0.2, -0.15) is 0 Å². The first kappa shape index (κ1) is 19.2. The molecule has 0 radical (unpaired) electrons. The summed E-state index contributed by atoms with van der Waals surface area (Å²) in [4.78, 5) is 15.5. The van der Waals surface area contributed by atoms with Gasteiger partial charge >= 0.3 is 7.12 Å². The smallest absolute Gasteiger partial charge is 0.400 e. The van der Waals surface area contributed by atoms with Gasteiger partial charge in [-0.15, -0.1) is 0 Å². The van der Waals surface area contributed by atoms with E-state index in [0.29, 0.717) is 11.4 Å². The SMILES string of the molecule is CC(=O)SCC(=Cc1ccc(CO)nc1)B1OC(C)(C)C(C)(C)O1. The van der Waals surface area contributed by atoms with E-state index in [2.05, 4.69) is 4.98 Å². The summed E-state index contributed by atoms with van der Waals surface area (Å²) in [6.45, 7) is 9.46. The third kappa shape index (κ3) is 4.48. The van der Waals surface area contributed by atoms with Crippen LogP contribution < -0.4 is 0 Å². The maximum Gasteiger partial charge on any atom is 0.491 e. The van der Waals surface area contributed by atoms with Crippen molar-refractivity contribution in [2.45, 2.75) is 52.4 Å². The van der Waals surface area contributed by atoms with Crippen molar-refractivity contribution in [2.24, 2.45) is 0 Å². The fraction of sp³-hybridized carbons (Fsp3) is 0.529. The van der Waals surface area contributed by atoms with Crippen LogP contribution in [0.3, 0.4) is 0 Å². The van der Waals surface area contributed by atoms with E-state index >= 15 is 0 Å². The van der Waals surface area contributed by atoms with Crippen molar-refractivity contribution in [3.05, 3.63) is 35.1 Å². The van der Waals surface area contributed by atoms with Gasteiger partial charge in [-0.25, -0.2) is 0 Å². The highest BCUT2D eigenvalue weighted by atomic mass is 32.2. The number of carbonyl (C=O) groups is 1. The molecule has 0 saturated carbocycles. The average molecular weight is 349 g/mol. The van der Waals surface area contributed by atoms with Crippen LogP contribution in [0.4, 0.5) is 0 Å². The van der Waals surface area contributed by atoms with Crippen LogP contribution in [0.15, 0.2) is 23.8 Å². The zero-order chi connectivity index (χ0) is 18.0. The van der Waals surface area contributed by atoms with Gasteiger partial charge in [0, 0.05) is 18.9 Å². The molecule has 0 aliphatic carbocycles. The van der Waals surface area contributed by atoms with Gasteiger partial charge in [0.25, 0.3) is 0 Å². The Bertz CT molecular complexity index is 612. The average Bonchev–Trinajstić information content (AvgIpc) is 2.72. The fourth-order valence-electron chi connectivity index (χ4n) is 2.19. The predicted octanol–water partition coefficient (Wildman–Crippen LogP) is 2.87. The number of hydrogen-bond acceptors (Lipinski definition) is 6. The Morgan fingerprint density at radius 1 is 1.29 bits per heavy atom. The summed E-state index contributed by atoms with van der Waals surface area (Å²) in [6, 6.07) is 3.65. The Morgan fingerprint density at radius 2 is 1.92 bits per heavy atom. The minimum Gasteiger partial charge on any atom is -0.400 e. The molecule has 0 bridgehead atoms. The highest BCUT2D eigenvalue weighted by Gasteiger charge is 2.52. The molecule has 2 rings (SSSR count). The number of hydrogen-bond donors (Lipinski definition) is 1. The normalized spacial score (nSPS) is 19.6. The first-order chi connectivity index (χ1) is 11.1. The predicted molar refractivity (Wildman–Crippen MR) is 97.4 cm³/mol. The molecule has 0 aromatic carbocycles. The molecule has 130 valence electrons. The van der Waals surface area contributed by atoms with Gasteiger partial charge in [-0.3, -0.25) is 9.78 Å². The van der Waals surface area contributed by atoms with Crippen molar-refractivity contribution in [1.82, 2.24) is 4.98 Å². The van der Waals surface area contributed by atoms with Crippen molar-refractivity contribution in [3.63, 3.8) is 0 Å². The van der Waals surface area contributed by atoms with Crippen LogP contribution in [0.5, 0.6) is 0 Å². The van der Waals surface area contributed by atoms with E-state index in [-0.39, 0.29) is 11.7 Å². The van der Waals surface area contributed by atoms with E-state index in [1.54, 1.807) is 19.2 Å². The first-order valence-corrected chi connectivity index (χ1v) is 8.88. The molecule has 1 aromatic heterocycles. The number of carbonyl (C=O) groups excluding carboxylic acids is 1. The molecule has 1 N–H and O–H groups in total. The molecule has 2 heterocycles. The molecule has 7 heteroatoms. The lowest BCUT2D eigenvalue weighted by molar-refractivity contribution is -0.109. The van der Waals surface area contributed by atoms with E-state index in [0.717, 1.165) is 11.0 Å². The van der Waals surface area contributed by atoms with Crippen molar-refractivity contribution in [2.75, 3.05) is 5.75 Å². The summed E-state index contributed by atoms with van der Waals surface area (Å²) < 4.78 is 12.2. The summed E-state index contributed by atoms with van der Waals surface area (Å²) >= 11 is 1.23. The summed E-state index contributed by atoms with van der Waals surface area (Å²) in [6.07, 6.45) is 3.63. The Balaban J connectivity index is 2.27. The molecule has 1 aliphatic rings. The minimum atomic E-state index is -0.501. The molecular weight excluding hydrogens is 325 g/mol. The second-order valence-electron chi connectivity index (χ2n) is 6.83. The number of nitrogens with zero attached hydrogens (tertiary/aromatic N) is 1. The van der Waals surface area contributed by atoms with E-state index < -0.39 is 18.3 Å². The second-order valence-corrected chi connectivity index (χ2v) is 7.98. The number of pyridine rings is 1. The van der Waals surface area contributed by atoms with Gasteiger partial charge in [-0.1, -0.05) is 23.9 Å². The van der Waals surface area contributed by atoms with E-state index in [1.807, 2.05) is 39.8 Å². The molecule has 1 saturated heterocycles. The van der Waals surface area contributed by atoms with E-state index in [9.17, 15) is 4.79 Å². The third-order valence-corrected chi connectivity index (χ3v) is 5.24. The number of aromatic nitrogens is 1. The molecule has 5 nitrogen and oxygen atoms in total. The maximum absolute atomic E-state index is 11.4. The number of aliphatic hydroxyl groups excluding tert-OH is 1. The van der Waals surface area contributed by atoms with Crippen molar-refractivity contribution in [3.8, 4) is 0 Å². The van der Waals surface area contributed by atoms with Crippen LogP contribution >= 0.6 is 11.8 Å². The van der Waals surface area contributed by atoms with Crippen LogP contribution in [0.25, 0.3) is 6.08 Å². The summed E-state index contributed by atoms with van der Waals surface area (Å²) in [5.74, 6) is 0.494. The van der Waals surface area contributed by atoms with Gasteiger partial charge in [-0.05, 0) is 44.8 Å². The number of rotatable bonds is 5. The Morgan fingerprint density at radius 3 is 2.38 bits per heavy atom. The van der Waals surface area contributed by atoms with Gasteiger partial charge in [0.1, 0.15) is 0 Å². The minimum absolute atomic E-state index is 0.0474. The summed E-state index contributed by atoms with van der Waals surface area (Å²) in [7, 11) is -0.501. The van der Waals surface area contributed by atoms with Crippen LogP contribution in [0.2, 0.25) is 0 Å². The molecule has 0 spiro atoms. The standard InChI is InChI=1S/C17H24BNO4S/c1-12(21)24-11-14(8-13-6-7-15(10-20)19-9-13)18-22-16(2,3)17(4,5)23-18/h6-9,20H,10-11H2,1-5H3. The topological polar surface area (TPSA) is 68.7 Å². The largest absolute Gasteiger partial charge is 0.491 e. The maximum atomic E-state index is 11.4. The van der Waals surface area contributed by atoms with Crippen molar-refractivity contribution < 1.29 is 19.2 Å². The lowest BCUT2D eigenvalue weighted by Crippen LogP contribution is -2.41. The number of thioether (sulfide) groups is 1. The van der Waals surface area contributed by atoms with Gasteiger partial charge in [0.15, 0.2) is 5.12 Å². The van der Waals surface area contributed by atoms with E-state index in [4.69, 9.17) is 14.4 Å². The quantitative estimate of drug-likeness (QED) is 0.825. The molecule has 0 atom stereocenters. The third-order valence-electron chi connectivity index (χ3n) is 4.36. The molecular formula is C17H24BNO4S. The van der Waals surface area contributed by atoms with Gasteiger partial charge < -0.3 is 14.4 Å². The van der Waals surface area contributed by atoms with Crippen LogP contribution in [-0.2, 0) is 20.7 Å². The Kier molecular flexibility index (Phi) is 5.91. The number of aliphatic hydroxyl groups is 1. The molecule has 1 aliphatic heterocycles. The van der Waals surface area contributed by atoms with Crippen LogP contribution in [0.1, 0.15) is 45.9 Å². The van der Waals surface area contributed by atoms with Crippen LogP contribution in [0, 0.1) is 0 Å². The summed E-state index contributed by atoms with van der Waals surface area (Å²) in [5, 5.41) is 9.13. The Labute approximate surface area is 148 Å². The second kappa shape index (κ2) is 7.39.